The second-order valence-electron chi connectivity index (χ2n) is 3.98. The van der Waals surface area contributed by atoms with Crippen LogP contribution < -0.4 is 0 Å². The molecule has 1 N–H and O–H groups in total. The first-order valence-corrected chi connectivity index (χ1v) is 5.36. The third kappa shape index (κ3) is 3.63. The van der Waals surface area contributed by atoms with Gasteiger partial charge in [0, 0.05) is 6.54 Å². The zero-order valence-corrected chi connectivity index (χ0v) is 8.41. The van der Waals surface area contributed by atoms with Gasteiger partial charge in [0.1, 0.15) is 0 Å². The number of hydroxylamine groups is 2. The predicted molar refractivity (Wildman–Crippen MR) is 53.2 cm³/mol. The van der Waals surface area contributed by atoms with E-state index in [0.717, 1.165) is 43.6 Å². The number of aliphatic hydroxyl groups is 1. The van der Waals surface area contributed by atoms with Crippen LogP contribution in [0.2, 0.25) is 0 Å². The van der Waals surface area contributed by atoms with Crippen molar-refractivity contribution in [3.05, 3.63) is 5.21 Å². The van der Waals surface area contributed by atoms with E-state index in [-0.39, 0.29) is 6.04 Å². The Balaban J connectivity index is 2.41. The molecular weight excluding hydrogens is 166 g/mol. The Morgan fingerprint density at radius 3 is 2.77 bits per heavy atom. The highest BCUT2D eigenvalue weighted by molar-refractivity contribution is 4.77. The molecule has 1 rings (SSSR count). The fraction of sp³-hybridized carbons (Fsp3) is 1.00. The highest BCUT2D eigenvalue weighted by Crippen LogP contribution is 2.19. The lowest BCUT2D eigenvalue weighted by Gasteiger charge is -2.40. The molecular formula is C10H20NO2-. The van der Waals surface area contributed by atoms with E-state index in [1.54, 1.807) is 0 Å². The maximum Gasteiger partial charge on any atom is 0.0658 e. The molecule has 0 bridgehead atoms. The molecule has 1 heterocycles. The molecule has 3 nitrogen and oxygen atoms in total. The van der Waals surface area contributed by atoms with E-state index < -0.39 is 6.10 Å². The Labute approximate surface area is 80.3 Å². The second-order valence-corrected chi connectivity index (χ2v) is 3.98. The van der Waals surface area contributed by atoms with Gasteiger partial charge < -0.3 is 15.4 Å². The number of aliphatic hydroxyl groups excluding tert-OH is 1. The highest BCUT2D eigenvalue weighted by Gasteiger charge is 2.16. The van der Waals surface area contributed by atoms with Crippen molar-refractivity contribution in [2.24, 2.45) is 0 Å². The van der Waals surface area contributed by atoms with Gasteiger partial charge in [0.15, 0.2) is 0 Å². The largest absolute Gasteiger partial charge is 0.785 e. The summed E-state index contributed by atoms with van der Waals surface area (Å²) in [5.41, 5.74) is 0. The molecule has 0 aromatic rings. The zero-order chi connectivity index (χ0) is 9.68. The van der Waals surface area contributed by atoms with Gasteiger partial charge in [0.2, 0.25) is 0 Å². The SMILES string of the molecule is CCCC1CCCC[C@@H](O)CN1[O-]. The summed E-state index contributed by atoms with van der Waals surface area (Å²) in [7, 11) is 0. The summed E-state index contributed by atoms with van der Waals surface area (Å²) >= 11 is 0. The second kappa shape index (κ2) is 5.58. The van der Waals surface area contributed by atoms with Gasteiger partial charge in [-0.1, -0.05) is 26.2 Å². The minimum absolute atomic E-state index is 0.153. The molecule has 1 aliphatic heterocycles. The van der Waals surface area contributed by atoms with Crippen LogP contribution in [0, 0.1) is 5.21 Å². The molecule has 2 atom stereocenters. The standard InChI is InChI=1S/C10H20NO2/c1-2-5-9-6-3-4-7-10(12)8-11(9)13/h9-10,12H,2-8H2,1H3/q-1/t9?,10-/m1/s1. The maximum atomic E-state index is 11.5. The van der Waals surface area contributed by atoms with Gasteiger partial charge >= 0.3 is 0 Å². The molecule has 1 saturated heterocycles. The molecule has 3 heteroatoms. The first kappa shape index (κ1) is 11.0. The van der Waals surface area contributed by atoms with Crippen LogP contribution in [0.4, 0.5) is 0 Å². The average Bonchev–Trinajstić information content (AvgIpc) is 2.08. The molecule has 0 aromatic heterocycles. The maximum absolute atomic E-state index is 11.5. The first-order chi connectivity index (χ1) is 6.24. The molecule has 0 spiro atoms. The summed E-state index contributed by atoms with van der Waals surface area (Å²) in [6.45, 7) is 2.41. The van der Waals surface area contributed by atoms with Crippen molar-refractivity contribution in [3.8, 4) is 0 Å². The van der Waals surface area contributed by atoms with Crippen LogP contribution in [0.1, 0.15) is 45.4 Å². The van der Waals surface area contributed by atoms with Crippen LogP contribution in [0.5, 0.6) is 0 Å². The van der Waals surface area contributed by atoms with Gasteiger partial charge in [0.25, 0.3) is 0 Å². The third-order valence-corrected chi connectivity index (χ3v) is 2.74. The Bertz CT molecular complexity index is 141. The van der Waals surface area contributed by atoms with Gasteiger partial charge in [-0.15, -0.1) is 0 Å². The van der Waals surface area contributed by atoms with Crippen molar-refractivity contribution in [2.75, 3.05) is 6.54 Å². The minimum atomic E-state index is -0.405. The van der Waals surface area contributed by atoms with Gasteiger partial charge in [-0.05, 0) is 25.3 Å². The van der Waals surface area contributed by atoms with Crippen LogP contribution in [0.3, 0.4) is 0 Å². The molecule has 0 aliphatic carbocycles. The van der Waals surface area contributed by atoms with Crippen molar-refractivity contribution in [1.29, 1.82) is 0 Å². The van der Waals surface area contributed by atoms with E-state index in [1.807, 2.05) is 0 Å². The third-order valence-electron chi connectivity index (χ3n) is 2.74. The molecule has 0 amide bonds. The first-order valence-electron chi connectivity index (χ1n) is 5.36. The van der Waals surface area contributed by atoms with Crippen molar-refractivity contribution in [1.82, 2.24) is 5.06 Å². The molecule has 13 heavy (non-hydrogen) atoms. The normalized spacial score (nSPS) is 32.5. The smallest absolute Gasteiger partial charge is 0.0658 e. The topological polar surface area (TPSA) is 46.5 Å². The van der Waals surface area contributed by atoms with Gasteiger partial charge in [-0.3, -0.25) is 0 Å². The molecule has 0 saturated carbocycles. The Morgan fingerprint density at radius 2 is 2.08 bits per heavy atom. The summed E-state index contributed by atoms with van der Waals surface area (Å²) in [6, 6.07) is 0.153. The lowest BCUT2D eigenvalue weighted by Crippen LogP contribution is -2.37. The summed E-state index contributed by atoms with van der Waals surface area (Å²) in [5.74, 6) is 0. The summed E-state index contributed by atoms with van der Waals surface area (Å²) in [4.78, 5) is 0. The van der Waals surface area contributed by atoms with Crippen molar-refractivity contribution < 1.29 is 5.11 Å². The Kier molecular flexibility index (Phi) is 4.70. The van der Waals surface area contributed by atoms with E-state index in [9.17, 15) is 10.3 Å². The summed E-state index contributed by atoms with van der Waals surface area (Å²) < 4.78 is 0. The lowest BCUT2D eigenvalue weighted by molar-refractivity contribution is 0.0884. The predicted octanol–water partition coefficient (Wildman–Crippen LogP) is 1.89. The number of β-amino-alcohol motifs (C(OH)–C–C–N with tert-alkyl or cyclic N) is 1. The average molecular weight is 186 g/mol. The molecule has 0 aromatic carbocycles. The summed E-state index contributed by atoms with van der Waals surface area (Å²) in [6.07, 6.45) is 5.56. The fourth-order valence-electron chi connectivity index (χ4n) is 1.97. The fourth-order valence-corrected chi connectivity index (χ4v) is 1.97. The summed E-state index contributed by atoms with van der Waals surface area (Å²) in [5, 5.41) is 22.0. The van der Waals surface area contributed by atoms with E-state index in [0.29, 0.717) is 6.54 Å². The van der Waals surface area contributed by atoms with Crippen LogP contribution in [0.25, 0.3) is 0 Å². The van der Waals surface area contributed by atoms with E-state index in [1.165, 1.54) is 0 Å². The highest BCUT2D eigenvalue weighted by atomic mass is 16.5. The molecule has 1 fully saturated rings. The van der Waals surface area contributed by atoms with E-state index >= 15 is 0 Å². The van der Waals surface area contributed by atoms with Crippen LogP contribution in [0.15, 0.2) is 0 Å². The quantitative estimate of drug-likeness (QED) is 0.716. The van der Waals surface area contributed by atoms with Gasteiger partial charge in [0.05, 0.1) is 6.10 Å². The Morgan fingerprint density at radius 1 is 1.38 bits per heavy atom. The number of nitrogens with zero attached hydrogens (tertiary/aromatic N) is 1. The number of hydrogen-bond acceptors (Lipinski definition) is 3. The minimum Gasteiger partial charge on any atom is -0.785 e. The number of hydrogen-bond donors (Lipinski definition) is 1. The molecule has 1 aliphatic rings. The van der Waals surface area contributed by atoms with Crippen molar-refractivity contribution in [3.63, 3.8) is 0 Å². The monoisotopic (exact) mass is 186 g/mol. The van der Waals surface area contributed by atoms with Crippen molar-refractivity contribution >= 4 is 0 Å². The van der Waals surface area contributed by atoms with Crippen LogP contribution in [-0.2, 0) is 0 Å². The molecule has 0 radical (unpaired) electrons. The van der Waals surface area contributed by atoms with Crippen LogP contribution >= 0.6 is 0 Å². The van der Waals surface area contributed by atoms with Crippen molar-refractivity contribution in [2.45, 2.75) is 57.6 Å². The van der Waals surface area contributed by atoms with Gasteiger partial charge in [-0.25, -0.2) is 0 Å². The van der Waals surface area contributed by atoms with E-state index in [2.05, 4.69) is 6.92 Å². The van der Waals surface area contributed by atoms with Crippen LogP contribution in [-0.4, -0.2) is 28.9 Å². The lowest BCUT2D eigenvalue weighted by atomic mass is 9.99. The van der Waals surface area contributed by atoms with Gasteiger partial charge in [-0.2, -0.15) is 0 Å². The van der Waals surface area contributed by atoms with E-state index in [4.69, 9.17) is 0 Å². The molecule has 78 valence electrons. The number of rotatable bonds is 2. The Hall–Kier alpha value is -0.120. The molecule has 1 unspecified atom stereocenters. The zero-order valence-electron chi connectivity index (χ0n) is 8.41.